The molecule has 7 heteroatoms. The lowest BCUT2D eigenvalue weighted by Crippen LogP contribution is -2.26. The molecule has 2 heterocycles. The van der Waals surface area contributed by atoms with Gasteiger partial charge in [0.05, 0.1) is 5.25 Å². The lowest BCUT2D eigenvalue weighted by atomic mass is 9.80. The summed E-state index contributed by atoms with van der Waals surface area (Å²) in [6.07, 6.45) is 6.07. The van der Waals surface area contributed by atoms with Crippen LogP contribution in [-0.2, 0) is 4.79 Å². The normalized spacial score (nSPS) is 23.9. The van der Waals surface area contributed by atoms with E-state index in [2.05, 4.69) is 22.2 Å². The van der Waals surface area contributed by atoms with Crippen molar-refractivity contribution >= 4 is 46.7 Å². The van der Waals surface area contributed by atoms with Gasteiger partial charge in [-0.15, -0.1) is 11.8 Å². The molecule has 1 aliphatic heterocycles. The maximum atomic E-state index is 13.0. The number of fused-ring (bicyclic) bond motifs is 3. The number of aryl methyl sites for hydroxylation is 1. The van der Waals surface area contributed by atoms with Gasteiger partial charge in [0.1, 0.15) is 16.4 Å². The molecule has 1 aliphatic carbocycles. The van der Waals surface area contributed by atoms with Crippen molar-refractivity contribution in [2.45, 2.75) is 72.9 Å². The van der Waals surface area contributed by atoms with Crippen LogP contribution in [0.3, 0.4) is 0 Å². The fourth-order valence-electron chi connectivity index (χ4n) is 4.20. The molecule has 1 aromatic heterocycles. The number of halogens is 1. The number of hydrogen-bond donors (Lipinski definition) is 1. The van der Waals surface area contributed by atoms with Gasteiger partial charge in [0.25, 0.3) is 0 Å². The SMILES string of the molecule is CCC(Sc1ncnc2c1C1CCC(C)CC1S2)C(=O)Nc1cc(Cl)ccc1C. The molecule has 154 valence electrons. The quantitative estimate of drug-likeness (QED) is 0.429. The van der Waals surface area contributed by atoms with E-state index < -0.39 is 0 Å². The van der Waals surface area contributed by atoms with Crippen LogP contribution >= 0.6 is 35.1 Å². The zero-order valence-corrected chi connectivity index (χ0v) is 19.3. The molecule has 4 nitrogen and oxygen atoms in total. The Morgan fingerprint density at radius 1 is 1.38 bits per heavy atom. The van der Waals surface area contributed by atoms with Gasteiger partial charge in [-0.05, 0) is 49.8 Å². The molecule has 0 spiro atoms. The topological polar surface area (TPSA) is 54.9 Å². The van der Waals surface area contributed by atoms with Crippen LogP contribution in [0.25, 0.3) is 0 Å². The number of nitrogens with one attached hydrogen (secondary N) is 1. The van der Waals surface area contributed by atoms with Crippen LogP contribution in [-0.4, -0.2) is 26.4 Å². The molecule has 4 atom stereocenters. The Morgan fingerprint density at radius 3 is 3.00 bits per heavy atom. The predicted molar refractivity (Wildman–Crippen MR) is 122 cm³/mol. The largest absolute Gasteiger partial charge is 0.325 e. The molecule has 0 saturated heterocycles. The number of anilines is 1. The third kappa shape index (κ3) is 4.44. The molecule has 29 heavy (non-hydrogen) atoms. The minimum atomic E-state index is -0.209. The molecule has 1 fully saturated rings. The van der Waals surface area contributed by atoms with Crippen molar-refractivity contribution < 1.29 is 4.79 Å². The Morgan fingerprint density at radius 2 is 2.21 bits per heavy atom. The van der Waals surface area contributed by atoms with Gasteiger partial charge < -0.3 is 5.32 Å². The summed E-state index contributed by atoms with van der Waals surface area (Å²) in [5, 5.41) is 6.17. The molecule has 4 unspecified atom stereocenters. The molecular formula is C22H26ClN3OS2. The van der Waals surface area contributed by atoms with E-state index in [0.29, 0.717) is 16.2 Å². The molecule has 0 bridgehead atoms. The zero-order chi connectivity index (χ0) is 20.5. The molecule has 4 rings (SSSR count). The number of thioether (sulfide) groups is 2. The van der Waals surface area contributed by atoms with E-state index in [4.69, 9.17) is 11.6 Å². The Bertz CT molecular complexity index is 923. The van der Waals surface area contributed by atoms with Gasteiger partial charge >= 0.3 is 0 Å². The molecule has 0 radical (unpaired) electrons. The van der Waals surface area contributed by atoms with Crippen molar-refractivity contribution in [3.63, 3.8) is 0 Å². The maximum Gasteiger partial charge on any atom is 0.237 e. The van der Waals surface area contributed by atoms with Crippen LogP contribution in [0.1, 0.15) is 56.6 Å². The van der Waals surface area contributed by atoms with E-state index >= 15 is 0 Å². The lowest BCUT2D eigenvalue weighted by Gasteiger charge is -2.29. The number of nitrogens with zero attached hydrogens (tertiary/aromatic N) is 2. The highest BCUT2D eigenvalue weighted by atomic mass is 35.5. The van der Waals surface area contributed by atoms with E-state index in [-0.39, 0.29) is 11.2 Å². The lowest BCUT2D eigenvalue weighted by molar-refractivity contribution is -0.115. The number of hydrogen-bond acceptors (Lipinski definition) is 5. The van der Waals surface area contributed by atoms with Crippen LogP contribution < -0.4 is 5.32 Å². The average Bonchev–Trinajstić information content (AvgIpc) is 3.06. The standard InChI is InChI=1S/C22H26ClN3OS2/c1-4-17(20(27)26-16-10-14(23)7-6-13(16)3)28-21-19-15-8-5-12(2)9-18(15)29-22(19)25-11-24-21/h6-7,10-12,15,17-18H,4-5,8-9H2,1-3H3,(H,26,27). The Kier molecular flexibility index (Phi) is 6.42. The van der Waals surface area contributed by atoms with Crippen molar-refractivity contribution in [3.8, 4) is 0 Å². The fraction of sp³-hybridized carbons (Fsp3) is 0.500. The summed E-state index contributed by atoms with van der Waals surface area (Å²) in [6, 6.07) is 5.56. The molecule has 1 saturated carbocycles. The van der Waals surface area contributed by atoms with Gasteiger partial charge in [-0.1, -0.05) is 49.7 Å². The molecule has 1 N–H and O–H groups in total. The minimum absolute atomic E-state index is 0.00491. The molecular weight excluding hydrogens is 422 g/mol. The second kappa shape index (κ2) is 8.86. The highest BCUT2D eigenvalue weighted by molar-refractivity contribution is 8.01. The average molecular weight is 448 g/mol. The van der Waals surface area contributed by atoms with Crippen molar-refractivity contribution in [2.75, 3.05) is 5.32 Å². The first-order valence-electron chi connectivity index (χ1n) is 10.2. The first-order valence-corrected chi connectivity index (χ1v) is 12.3. The predicted octanol–water partition coefficient (Wildman–Crippen LogP) is 6.33. The van der Waals surface area contributed by atoms with Gasteiger partial charge in [0.15, 0.2) is 0 Å². The van der Waals surface area contributed by atoms with Gasteiger partial charge in [-0.3, -0.25) is 4.79 Å². The Hall–Kier alpha value is -1.24. The summed E-state index contributed by atoms with van der Waals surface area (Å²) in [6.45, 7) is 6.36. The summed E-state index contributed by atoms with van der Waals surface area (Å²) in [5.41, 5.74) is 3.05. The minimum Gasteiger partial charge on any atom is -0.325 e. The first kappa shape index (κ1) is 21.0. The number of aromatic nitrogens is 2. The summed E-state index contributed by atoms with van der Waals surface area (Å²) in [4.78, 5) is 22.2. The van der Waals surface area contributed by atoms with E-state index in [1.54, 1.807) is 24.2 Å². The van der Waals surface area contributed by atoms with Crippen molar-refractivity contribution in [3.05, 3.63) is 40.7 Å². The smallest absolute Gasteiger partial charge is 0.237 e. The van der Waals surface area contributed by atoms with E-state index in [1.165, 1.54) is 24.8 Å². The number of amides is 1. The molecule has 2 aliphatic rings. The van der Waals surface area contributed by atoms with Gasteiger partial charge in [0, 0.05) is 27.4 Å². The number of carbonyl (C=O) groups excluding carboxylic acids is 1. The van der Waals surface area contributed by atoms with Crippen LogP contribution in [0.15, 0.2) is 34.6 Å². The van der Waals surface area contributed by atoms with E-state index in [9.17, 15) is 4.79 Å². The molecule has 1 amide bonds. The maximum absolute atomic E-state index is 13.0. The van der Waals surface area contributed by atoms with Crippen molar-refractivity contribution in [1.82, 2.24) is 9.97 Å². The fourth-order valence-corrected chi connectivity index (χ4v) is 7.15. The molecule has 2 aromatic rings. The second-order valence-corrected chi connectivity index (χ2v) is 10.9. The van der Waals surface area contributed by atoms with Crippen LogP contribution in [0.5, 0.6) is 0 Å². The van der Waals surface area contributed by atoms with Crippen molar-refractivity contribution in [2.24, 2.45) is 5.92 Å². The summed E-state index contributed by atoms with van der Waals surface area (Å²) in [5.74, 6) is 1.29. The summed E-state index contributed by atoms with van der Waals surface area (Å²) in [7, 11) is 0. The highest BCUT2D eigenvalue weighted by Crippen LogP contribution is 2.54. The molecule has 1 aromatic carbocycles. The summed E-state index contributed by atoms with van der Waals surface area (Å²) >= 11 is 9.59. The van der Waals surface area contributed by atoms with Crippen LogP contribution in [0.4, 0.5) is 5.69 Å². The zero-order valence-electron chi connectivity index (χ0n) is 16.9. The van der Waals surface area contributed by atoms with Crippen molar-refractivity contribution in [1.29, 1.82) is 0 Å². The van der Waals surface area contributed by atoms with Gasteiger partial charge in [0.2, 0.25) is 5.91 Å². The Balaban J connectivity index is 1.54. The number of benzene rings is 1. The first-order chi connectivity index (χ1) is 14.0. The summed E-state index contributed by atoms with van der Waals surface area (Å²) < 4.78 is 0. The monoisotopic (exact) mass is 447 g/mol. The Labute approximate surface area is 186 Å². The van der Waals surface area contributed by atoms with Gasteiger partial charge in [-0.2, -0.15) is 0 Å². The number of rotatable bonds is 5. The van der Waals surface area contributed by atoms with E-state index in [0.717, 1.165) is 33.6 Å². The third-order valence-electron chi connectivity index (χ3n) is 5.87. The highest BCUT2D eigenvalue weighted by Gasteiger charge is 2.40. The third-order valence-corrected chi connectivity index (χ3v) is 8.86. The van der Waals surface area contributed by atoms with E-state index in [1.807, 2.05) is 37.7 Å². The van der Waals surface area contributed by atoms with Gasteiger partial charge in [-0.25, -0.2) is 9.97 Å². The van der Waals surface area contributed by atoms with Crippen LogP contribution in [0, 0.1) is 12.8 Å². The second-order valence-electron chi connectivity index (χ2n) is 8.04. The van der Waals surface area contributed by atoms with Crippen LogP contribution in [0.2, 0.25) is 5.02 Å². The number of carbonyl (C=O) groups is 1.